The van der Waals surface area contributed by atoms with E-state index in [2.05, 4.69) is 42.2 Å². The van der Waals surface area contributed by atoms with Crippen molar-refractivity contribution in [2.75, 3.05) is 11.9 Å². The number of aromatic nitrogens is 3. The van der Waals surface area contributed by atoms with E-state index in [-0.39, 0.29) is 0 Å². The predicted octanol–water partition coefficient (Wildman–Crippen LogP) is 3.93. The molecule has 0 atom stereocenters. The molecule has 1 N–H and O–H groups in total. The lowest BCUT2D eigenvalue weighted by atomic mass is 10.2. The summed E-state index contributed by atoms with van der Waals surface area (Å²) < 4.78 is 2.01. The summed E-state index contributed by atoms with van der Waals surface area (Å²) in [5.74, 6) is 0.872. The molecule has 0 bridgehead atoms. The minimum atomic E-state index is 0.615. The highest BCUT2D eigenvalue weighted by atomic mass is 35.5. The summed E-state index contributed by atoms with van der Waals surface area (Å²) in [6.45, 7) is 7.92. The average Bonchev–Trinajstić information content (AvgIpc) is 2.90. The molecule has 5 heteroatoms. The highest BCUT2D eigenvalue weighted by molar-refractivity contribution is 6.31. The number of nitrogens with zero attached hydrogens (tertiary/aromatic N) is 3. The van der Waals surface area contributed by atoms with Crippen LogP contribution < -0.4 is 5.32 Å². The largest absolute Gasteiger partial charge is 0.370 e. The van der Waals surface area contributed by atoms with E-state index in [1.165, 1.54) is 5.69 Å². The zero-order chi connectivity index (χ0) is 15.2. The molecule has 4 nitrogen and oxygen atoms in total. The van der Waals surface area contributed by atoms with Crippen LogP contribution in [0.15, 0.2) is 18.2 Å². The first kappa shape index (κ1) is 15.8. The molecule has 0 aliphatic carbocycles. The van der Waals surface area contributed by atoms with Gasteiger partial charge in [0.05, 0.1) is 23.0 Å². The molecule has 0 fully saturated rings. The van der Waals surface area contributed by atoms with Crippen LogP contribution in [-0.2, 0) is 19.4 Å². The Morgan fingerprint density at radius 2 is 2.00 bits per heavy atom. The molecule has 0 aromatic carbocycles. The quantitative estimate of drug-likeness (QED) is 0.843. The fourth-order valence-corrected chi connectivity index (χ4v) is 2.36. The first-order valence-corrected chi connectivity index (χ1v) is 8.00. The predicted molar refractivity (Wildman–Crippen MR) is 88.1 cm³/mol. The van der Waals surface area contributed by atoms with Gasteiger partial charge >= 0.3 is 0 Å². The summed E-state index contributed by atoms with van der Waals surface area (Å²) in [6.07, 6.45) is 2.97. The first-order chi connectivity index (χ1) is 10.2. The van der Waals surface area contributed by atoms with Gasteiger partial charge in [0.2, 0.25) is 0 Å². The lowest BCUT2D eigenvalue weighted by Crippen LogP contribution is -2.10. The number of hydrogen-bond acceptors (Lipinski definition) is 3. The van der Waals surface area contributed by atoms with Crippen LogP contribution in [0, 0.1) is 0 Å². The van der Waals surface area contributed by atoms with Crippen molar-refractivity contribution in [2.45, 2.75) is 46.6 Å². The third-order valence-electron chi connectivity index (χ3n) is 3.41. The Labute approximate surface area is 131 Å². The standard InChI is InChI=1S/C16H23ClN4/c1-4-9-18-16-8-7-14(17)15(19-16)11-21-13(6-3)10-12(5-2)20-21/h7-8,10H,4-6,9,11H2,1-3H3,(H,18,19). The molecule has 2 heterocycles. The second kappa shape index (κ2) is 7.46. The Bertz CT molecular complexity index is 592. The van der Waals surface area contributed by atoms with E-state index in [0.717, 1.165) is 43.0 Å². The molecule has 114 valence electrons. The second-order valence-corrected chi connectivity index (χ2v) is 5.45. The minimum Gasteiger partial charge on any atom is -0.370 e. The maximum absolute atomic E-state index is 6.28. The molecular weight excluding hydrogens is 284 g/mol. The molecule has 0 amide bonds. The minimum absolute atomic E-state index is 0.615. The van der Waals surface area contributed by atoms with E-state index >= 15 is 0 Å². The van der Waals surface area contributed by atoms with Gasteiger partial charge < -0.3 is 5.32 Å². The number of rotatable bonds is 7. The number of aryl methyl sites for hydroxylation is 2. The molecule has 2 aromatic heterocycles. The molecule has 0 saturated carbocycles. The highest BCUT2D eigenvalue weighted by Crippen LogP contribution is 2.19. The van der Waals surface area contributed by atoms with E-state index in [1.807, 2.05) is 16.8 Å². The lowest BCUT2D eigenvalue weighted by Gasteiger charge is -2.10. The van der Waals surface area contributed by atoms with Crippen LogP contribution in [0.2, 0.25) is 5.02 Å². The summed E-state index contributed by atoms with van der Waals surface area (Å²) in [7, 11) is 0. The van der Waals surface area contributed by atoms with Gasteiger partial charge in [0, 0.05) is 12.2 Å². The van der Waals surface area contributed by atoms with Crippen LogP contribution in [0.5, 0.6) is 0 Å². The molecule has 0 unspecified atom stereocenters. The van der Waals surface area contributed by atoms with Gasteiger partial charge in [0.25, 0.3) is 0 Å². The summed E-state index contributed by atoms with van der Waals surface area (Å²) in [5, 5.41) is 8.61. The van der Waals surface area contributed by atoms with E-state index in [9.17, 15) is 0 Å². The molecule has 0 saturated heterocycles. The maximum atomic E-state index is 6.28. The monoisotopic (exact) mass is 306 g/mol. The molecule has 0 aliphatic rings. The van der Waals surface area contributed by atoms with Crippen molar-refractivity contribution in [3.8, 4) is 0 Å². The van der Waals surface area contributed by atoms with Crippen molar-refractivity contribution in [3.63, 3.8) is 0 Å². The number of halogens is 1. The number of nitrogens with one attached hydrogen (secondary N) is 1. The topological polar surface area (TPSA) is 42.7 Å². The van der Waals surface area contributed by atoms with Crippen LogP contribution >= 0.6 is 11.6 Å². The van der Waals surface area contributed by atoms with Gasteiger partial charge in [-0.15, -0.1) is 0 Å². The van der Waals surface area contributed by atoms with Crippen LogP contribution in [0.3, 0.4) is 0 Å². The van der Waals surface area contributed by atoms with E-state index < -0.39 is 0 Å². The van der Waals surface area contributed by atoms with Crippen molar-refractivity contribution in [3.05, 3.63) is 40.3 Å². The third kappa shape index (κ3) is 3.97. The summed E-state index contributed by atoms with van der Waals surface area (Å²) in [5.41, 5.74) is 3.19. The summed E-state index contributed by atoms with van der Waals surface area (Å²) in [6, 6.07) is 5.98. The van der Waals surface area contributed by atoms with Gasteiger partial charge in [0.15, 0.2) is 0 Å². The highest BCUT2D eigenvalue weighted by Gasteiger charge is 2.10. The Kier molecular flexibility index (Phi) is 5.62. The summed E-state index contributed by atoms with van der Waals surface area (Å²) in [4.78, 5) is 4.61. The Hall–Kier alpha value is -1.55. The van der Waals surface area contributed by atoms with Crippen LogP contribution in [0.4, 0.5) is 5.82 Å². The van der Waals surface area contributed by atoms with Crippen LogP contribution in [-0.4, -0.2) is 21.3 Å². The van der Waals surface area contributed by atoms with Crippen molar-refractivity contribution in [2.24, 2.45) is 0 Å². The SMILES string of the molecule is CCCNc1ccc(Cl)c(Cn2nc(CC)cc2CC)n1. The number of hydrogen-bond donors (Lipinski definition) is 1. The molecule has 0 radical (unpaired) electrons. The van der Waals surface area contributed by atoms with E-state index in [1.54, 1.807) is 0 Å². The molecule has 2 aromatic rings. The van der Waals surface area contributed by atoms with Gasteiger partial charge in [-0.3, -0.25) is 4.68 Å². The third-order valence-corrected chi connectivity index (χ3v) is 3.76. The molecule has 2 rings (SSSR count). The van der Waals surface area contributed by atoms with E-state index in [0.29, 0.717) is 11.6 Å². The first-order valence-electron chi connectivity index (χ1n) is 7.62. The molecule has 21 heavy (non-hydrogen) atoms. The number of anilines is 1. The number of pyridine rings is 1. The van der Waals surface area contributed by atoms with Gasteiger partial charge in [-0.2, -0.15) is 5.10 Å². The normalized spacial score (nSPS) is 10.9. The Balaban J connectivity index is 2.23. The van der Waals surface area contributed by atoms with Crippen molar-refractivity contribution >= 4 is 17.4 Å². The zero-order valence-electron chi connectivity index (χ0n) is 13.0. The summed E-state index contributed by atoms with van der Waals surface area (Å²) >= 11 is 6.28. The van der Waals surface area contributed by atoms with Crippen molar-refractivity contribution in [1.82, 2.24) is 14.8 Å². The van der Waals surface area contributed by atoms with Crippen molar-refractivity contribution < 1.29 is 0 Å². The molecular formula is C16H23ClN4. The van der Waals surface area contributed by atoms with Gasteiger partial charge in [-0.05, 0) is 37.5 Å². The Morgan fingerprint density at radius 1 is 1.19 bits per heavy atom. The fourth-order valence-electron chi connectivity index (χ4n) is 2.20. The second-order valence-electron chi connectivity index (χ2n) is 5.04. The molecule has 0 aliphatic heterocycles. The average molecular weight is 307 g/mol. The van der Waals surface area contributed by atoms with Gasteiger partial charge in [0.1, 0.15) is 5.82 Å². The van der Waals surface area contributed by atoms with E-state index in [4.69, 9.17) is 11.6 Å². The Morgan fingerprint density at radius 3 is 2.67 bits per heavy atom. The van der Waals surface area contributed by atoms with Crippen LogP contribution in [0.1, 0.15) is 44.3 Å². The zero-order valence-corrected chi connectivity index (χ0v) is 13.7. The lowest BCUT2D eigenvalue weighted by molar-refractivity contribution is 0.630. The van der Waals surface area contributed by atoms with Crippen LogP contribution in [0.25, 0.3) is 0 Å². The van der Waals surface area contributed by atoms with Crippen molar-refractivity contribution in [1.29, 1.82) is 0 Å². The maximum Gasteiger partial charge on any atom is 0.126 e. The van der Waals surface area contributed by atoms with Gasteiger partial charge in [-0.1, -0.05) is 32.4 Å². The smallest absolute Gasteiger partial charge is 0.126 e. The molecule has 0 spiro atoms. The van der Waals surface area contributed by atoms with Gasteiger partial charge in [-0.25, -0.2) is 4.98 Å². The fraction of sp³-hybridized carbons (Fsp3) is 0.500.